The first kappa shape index (κ1) is 14.8. The Morgan fingerprint density at radius 3 is 2.33 bits per heavy atom. The van der Waals surface area contributed by atoms with Crippen molar-refractivity contribution in [3.8, 4) is 0 Å². The lowest BCUT2D eigenvalue weighted by molar-refractivity contribution is -0.139. The molecular formula is C12H12ClF3O2. The Bertz CT molecular complexity index is 467. The van der Waals surface area contributed by atoms with E-state index < -0.39 is 24.1 Å². The molecule has 0 fully saturated rings. The largest absolute Gasteiger partial charge is 0.481 e. The number of hydrogen-bond acceptors (Lipinski definition) is 1. The van der Waals surface area contributed by atoms with Gasteiger partial charge in [-0.15, -0.1) is 0 Å². The van der Waals surface area contributed by atoms with Crippen LogP contribution in [0.15, 0.2) is 12.1 Å². The Hall–Kier alpha value is -1.23. The highest BCUT2D eigenvalue weighted by Crippen LogP contribution is 2.37. The zero-order valence-corrected chi connectivity index (χ0v) is 10.6. The van der Waals surface area contributed by atoms with Gasteiger partial charge >= 0.3 is 12.1 Å². The van der Waals surface area contributed by atoms with Crippen LogP contribution in [0.5, 0.6) is 0 Å². The van der Waals surface area contributed by atoms with E-state index in [4.69, 9.17) is 16.7 Å². The number of halogens is 4. The van der Waals surface area contributed by atoms with Gasteiger partial charge in [-0.1, -0.05) is 25.4 Å². The summed E-state index contributed by atoms with van der Waals surface area (Å²) in [4.78, 5) is 10.7. The molecule has 1 N–H and O–H groups in total. The van der Waals surface area contributed by atoms with Crippen molar-refractivity contribution in [3.63, 3.8) is 0 Å². The molecule has 0 bridgehead atoms. The maximum Gasteiger partial charge on any atom is 0.416 e. The van der Waals surface area contributed by atoms with Crippen LogP contribution in [0.3, 0.4) is 0 Å². The van der Waals surface area contributed by atoms with E-state index in [2.05, 4.69) is 0 Å². The smallest absolute Gasteiger partial charge is 0.416 e. The van der Waals surface area contributed by atoms with E-state index in [9.17, 15) is 18.0 Å². The third kappa shape index (κ3) is 3.38. The van der Waals surface area contributed by atoms with Crippen LogP contribution >= 0.6 is 11.6 Å². The second-order valence-corrected chi connectivity index (χ2v) is 4.68. The van der Waals surface area contributed by atoms with Crippen molar-refractivity contribution in [2.24, 2.45) is 0 Å². The average Bonchev–Trinajstić information content (AvgIpc) is 2.17. The number of hydrogen-bond donors (Lipinski definition) is 1. The van der Waals surface area contributed by atoms with E-state index in [-0.39, 0.29) is 16.5 Å². The summed E-state index contributed by atoms with van der Waals surface area (Å²) in [5.74, 6) is -1.54. The maximum absolute atomic E-state index is 12.9. The van der Waals surface area contributed by atoms with Crippen LogP contribution in [0, 0.1) is 0 Å². The molecule has 0 heterocycles. The fraction of sp³-hybridized carbons (Fsp3) is 0.417. The van der Waals surface area contributed by atoms with Crippen molar-refractivity contribution in [2.45, 2.75) is 32.4 Å². The van der Waals surface area contributed by atoms with Crippen LogP contribution in [0.25, 0.3) is 0 Å². The van der Waals surface area contributed by atoms with E-state index >= 15 is 0 Å². The van der Waals surface area contributed by atoms with Crippen molar-refractivity contribution < 1.29 is 23.1 Å². The number of carboxylic acids is 1. The molecule has 18 heavy (non-hydrogen) atoms. The summed E-state index contributed by atoms with van der Waals surface area (Å²) >= 11 is 5.66. The van der Waals surface area contributed by atoms with Crippen LogP contribution in [-0.2, 0) is 17.4 Å². The number of carbonyl (C=O) groups is 1. The van der Waals surface area contributed by atoms with Gasteiger partial charge in [0, 0.05) is 5.02 Å². The zero-order chi connectivity index (χ0) is 14.1. The highest BCUT2D eigenvalue weighted by molar-refractivity contribution is 6.30. The molecule has 100 valence electrons. The van der Waals surface area contributed by atoms with Crippen molar-refractivity contribution in [2.75, 3.05) is 0 Å². The zero-order valence-electron chi connectivity index (χ0n) is 9.81. The van der Waals surface area contributed by atoms with Crippen LogP contribution < -0.4 is 0 Å². The molecular weight excluding hydrogens is 269 g/mol. The van der Waals surface area contributed by atoms with Crippen molar-refractivity contribution in [1.82, 2.24) is 0 Å². The summed E-state index contributed by atoms with van der Waals surface area (Å²) < 4.78 is 38.6. The minimum atomic E-state index is -4.61. The molecule has 0 saturated heterocycles. The number of alkyl halides is 3. The quantitative estimate of drug-likeness (QED) is 0.905. The molecule has 1 aromatic rings. The third-order valence-electron chi connectivity index (χ3n) is 2.50. The molecule has 0 amide bonds. The van der Waals surface area contributed by atoms with Crippen LogP contribution in [0.2, 0.25) is 5.02 Å². The molecule has 0 aliphatic rings. The van der Waals surface area contributed by atoms with Gasteiger partial charge < -0.3 is 5.11 Å². The summed E-state index contributed by atoms with van der Waals surface area (Å²) in [6, 6.07) is 2.16. The fourth-order valence-corrected chi connectivity index (χ4v) is 2.00. The lowest BCUT2D eigenvalue weighted by atomic mass is 9.91. The van der Waals surface area contributed by atoms with Crippen molar-refractivity contribution in [1.29, 1.82) is 0 Å². The summed E-state index contributed by atoms with van der Waals surface area (Å²) in [6.45, 7) is 3.38. The predicted molar refractivity (Wildman–Crippen MR) is 61.9 cm³/mol. The van der Waals surface area contributed by atoms with Gasteiger partial charge in [0.15, 0.2) is 0 Å². The fourth-order valence-electron chi connectivity index (χ4n) is 1.77. The molecule has 0 saturated carbocycles. The van der Waals surface area contributed by atoms with Crippen molar-refractivity contribution >= 4 is 17.6 Å². The number of carboxylic acid groups (broad SMARTS) is 1. The minimum absolute atomic E-state index is 0.0415. The lowest BCUT2D eigenvalue weighted by Gasteiger charge is -2.18. The van der Waals surface area contributed by atoms with Gasteiger partial charge in [-0.05, 0) is 29.2 Å². The summed E-state index contributed by atoms with van der Waals surface area (Å²) in [7, 11) is 0. The van der Waals surface area contributed by atoms with Gasteiger partial charge in [0.1, 0.15) is 0 Å². The van der Waals surface area contributed by atoms with E-state index in [0.29, 0.717) is 5.56 Å². The first-order chi connectivity index (χ1) is 8.12. The third-order valence-corrected chi connectivity index (χ3v) is 2.72. The van der Waals surface area contributed by atoms with Gasteiger partial charge in [-0.3, -0.25) is 4.79 Å². The van der Waals surface area contributed by atoms with E-state index in [1.165, 1.54) is 6.07 Å². The monoisotopic (exact) mass is 280 g/mol. The van der Waals surface area contributed by atoms with E-state index in [0.717, 1.165) is 6.07 Å². The molecule has 0 unspecified atom stereocenters. The van der Waals surface area contributed by atoms with Gasteiger partial charge in [0.2, 0.25) is 0 Å². The van der Waals surface area contributed by atoms with Gasteiger partial charge in [-0.2, -0.15) is 13.2 Å². The summed E-state index contributed by atoms with van der Waals surface area (Å²) in [5, 5.41) is 8.69. The molecule has 0 aromatic heterocycles. The average molecular weight is 281 g/mol. The van der Waals surface area contributed by atoms with E-state index in [1.54, 1.807) is 13.8 Å². The lowest BCUT2D eigenvalue weighted by Crippen LogP contribution is -2.15. The number of rotatable bonds is 3. The van der Waals surface area contributed by atoms with Gasteiger partial charge in [-0.25, -0.2) is 0 Å². The molecule has 1 rings (SSSR count). The van der Waals surface area contributed by atoms with Gasteiger partial charge in [0.25, 0.3) is 0 Å². The molecule has 0 spiro atoms. The molecule has 0 aliphatic carbocycles. The predicted octanol–water partition coefficient (Wildman–Crippen LogP) is 4.11. The number of benzene rings is 1. The SMILES string of the molecule is CC(C)c1cc(Cl)cc(C(F)(F)F)c1CC(=O)O. The molecule has 0 aliphatic heterocycles. The molecule has 0 radical (unpaired) electrons. The summed E-state index contributed by atoms with van der Waals surface area (Å²) in [5.41, 5.74) is -0.868. The highest BCUT2D eigenvalue weighted by atomic mass is 35.5. The topological polar surface area (TPSA) is 37.3 Å². The highest BCUT2D eigenvalue weighted by Gasteiger charge is 2.35. The Balaban J connectivity index is 3.52. The second-order valence-electron chi connectivity index (χ2n) is 4.24. The molecule has 0 atom stereocenters. The van der Waals surface area contributed by atoms with Crippen LogP contribution in [0.1, 0.15) is 36.5 Å². The Labute approximate surface area is 107 Å². The normalized spacial score (nSPS) is 11.9. The number of aliphatic carboxylic acids is 1. The summed E-state index contributed by atoms with van der Waals surface area (Å²) in [6.07, 6.45) is -5.28. The molecule has 2 nitrogen and oxygen atoms in total. The maximum atomic E-state index is 12.9. The Morgan fingerprint density at radius 1 is 1.39 bits per heavy atom. The second kappa shape index (κ2) is 5.18. The van der Waals surface area contributed by atoms with Crippen LogP contribution in [0.4, 0.5) is 13.2 Å². The van der Waals surface area contributed by atoms with E-state index in [1.807, 2.05) is 0 Å². The van der Waals surface area contributed by atoms with Crippen molar-refractivity contribution in [3.05, 3.63) is 33.8 Å². The first-order valence-electron chi connectivity index (χ1n) is 5.24. The minimum Gasteiger partial charge on any atom is -0.481 e. The molecule has 1 aromatic carbocycles. The Morgan fingerprint density at radius 2 is 1.94 bits per heavy atom. The standard InChI is InChI=1S/C12H12ClF3O2/c1-6(2)8-3-7(13)4-10(12(14,15)16)9(8)5-11(17)18/h3-4,6H,5H2,1-2H3,(H,17,18). The van der Waals surface area contributed by atoms with Crippen LogP contribution in [-0.4, -0.2) is 11.1 Å². The first-order valence-corrected chi connectivity index (χ1v) is 5.62. The Kier molecular flexibility index (Phi) is 4.27. The van der Waals surface area contributed by atoms with Gasteiger partial charge in [0.05, 0.1) is 12.0 Å². The molecule has 6 heteroatoms.